The van der Waals surface area contributed by atoms with Gasteiger partial charge in [0.25, 0.3) is 10.0 Å². The van der Waals surface area contributed by atoms with Crippen LogP contribution in [0.5, 0.6) is 0 Å². The number of hydrogen-bond donors (Lipinski definition) is 2. The largest absolute Gasteiger partial charge is 0.332 e. The molecule has 7 heteroatoms. The number of nitrogens with zero attached hydrogens (tertiary/aromatic N) is 2. The van der Waals surface area contributed by atoms with E-state index in [2.05, 4.69) is 9.97 Å². The van der Waals surface area contributed by atoms with Crippen LogP contribution in [0.4, 0.5) is 5.69 Å². The van der Waals surface area contributed by atoms with Crippen molar-refractivity contribution in [2.45, 2.75) is 30.8 Å². The number of H-pyrrole nitrogens is 1. The van der Waals surface area contributed by atoms with Gasteiger partial charge in [0, 0.05) is 19.0 Å². The number of aryl methyl sites for hydroxylation is 1. The van der Waals surface area contributed by atoms with Crippen molar-refractivity contribution in [3.63, 3.8) is 0 Å². The van der Waals surface area contributed by atoms with Gasteiger partial charge in [0.15, 0.2) is 5.03 Å². The molecule has 21 heavy (non-hydrogen) atoms. The normalized spacial score (nSPS) is 18.6. The summed E-state index contributed by atoms with van der Waals surface area (Å²) in [5.41, 5.74) is 7.59. The fourth-order valence-corrected chi connectivity index (χ4v) is 4.02. The smallest absolute Gasteiger partial charge is 0.281 e. The standard InChI is InChI=1S/C14H18N4O2S/c1-2-13-16-9-14(17-13)21(19,20)18-8-7-11(15)10-5-3-4-6-12(10)18/h3-6,9,11H,2,7-8,15H2,1H3,(H,16,17). The number of fused-ring (bicyclic) bond motifs is 1. The van der Waals surface area contributed by atoms with Crippen LogP contribution in [0, 0.1) is 0 Å². The summed E-state index contributed by atoms with van der Waals surface area (Å²) >= 11 is 0. The molecule has 0 fully saturated rings. The summed E-state index contributed by atoms with van der Waals surface area (Å²) in [7, 11) is -3.63. The summed E-state index contributed by atoms with van der Waals surface area (Å²) in [4.78, 5) is 6.95. The van der Waals surface area contributed by atoms with Gasteiger partial charge in [-0.3, -0.25) is 4.31 Å². The first-order valence-corrected chi connectivity index (χ1v) is 8.39. The van der Waals surface area contributed by atoms with Gasteiger partial charge in [-0.1, -0.05) is 25.1 Å². The number of sulfonamides is 1. The van der Waals surface area contributed by atoms with E-state index < -0.39 is 10.0 Å². The van der Waals surface area contributed by atoms with Crippen molar-refractivity contribution >= 4 is 15.7 Å². The number of aromatic nitrogens is 2. The maximum Gasteiger partial charge on any atom is 0.281 e. The lowest BCUT2D eigenvalue weighted by molar-refractivity contribution is 0.571. The number of nitrogens with one attached hydrogen (secondary N) is 1. The van der Waals surface area contributed by atoms with Crippen LogP contribution < -0.4 is 10.0 Å². The molecule has 0 aliphatic carbocycles. The highest BCUT2D eigenvalue weighted by Gasteiger charge is 2.32. The maximum absolute atomic E-state index is 12.8. The van der Waals surface area contributed by atoms with Crippen molar-refractivity contribution in [1.29, 1.82) is 0 Å². The summed E-state index contributed by atoms with van der Waals surface area (Å²) in [6.45, 7) is 2.30. The molecular weight excluding hydrogens is 288 g/mol. The molecule has 2 heterocycles. The Labute approximate surface area is 124 Å². The fraction of sp³-hybridized carbons (Fsp3) is 0.357. The van der Waals surface area contributed by atoms with E-state index in [-0.39, 0.29) is 11.1 Å². The van der Waals surface area contributed by atoms with Crippen molar-refractivity contribution < 1.29 is 8.42 Å². The van der Waals surface area contributed by atoms with E-state index in [9.17, 15) is 8.42 Å². The number of aromatic amines is 1. The summed E-state index contributed by atoms with van der Waals surface area (Å²) in [5.74, 6) is 0.663. The quantitative estimate of drug-likeness (QED) is 0.900. The lowest BCUT2D eigenvalue weighted by atomic mass is 9.99. The van der Waals surface area contributed by atoms with Crippen LogP contribution in [0.15, 0.2) is 35.5 Å². The van der Waals surface area contributed by atoms with Crippen molar-refractivity contribution in [1.82, 2.24) is 9.97 Å². The highest BCUT2D eigenvalue weighted by Crippen LogP contribution is 2.35. The molecule has 0 saturated heterocycles. The Morgan fingerprint density at radius 3 is 2.90 bits per heavy atom. The van der Waals surface area contributed by atoms with Crippen LogP contribution >= 0.6 is 0 Å². The first-order valence-electron chi connectivity index (χ1n) is 6.95. The van der Waals surface area contributed by atoms with Gasteiger partial charge in [0.1, 0.15) is 5.82 Å². The molecule has 1 aromatic heterocycles. The van der Waals surface area contributed by atoms with Crippen molar-refractivity contribution in [3.8, 4) is 0 Å². The first kappa shape index (κ1) is 14.1. The molecule has 0 amide bonds. The molecule has 0 radical (unpaired) electrons. The van der Waals surface area contributed by atoms with Gasteiger partial charge in [-0.25, -0.2) is 4.98 Å². The number of anilines is 1. The van der Waals surface area contributed by atoms with E-state index >= 15 is 0 Å². The van der Waals surface area contributed by atoms with Crippen LogP contribution in [0.1, 0.15) is 30.8 Å². The topological polar surface area (TPSA) is 92.1 Å². The van der Waals surface area contributed by atoms with E-state index in [1.165, 1.54) is 10.5 Å². The van der Waals surface area contributed by atoms with Crippen LogP contribution in [0.25, 0.3) is 0 Å². The van der Waals surface area contributed by atoms with Gasteiger partial charge in [0.2, 0.25) is 0 Å². The number of nitrogens with two attached hydrogens (primary N) is 1. The van der Waals surface area contributed by atoms with E-state index in [0.29, 0.717) is 30.9 Å². The molecule has 1 aliphatic heterocycles. The van der Waals surface area contributed by atoms with E-state index in [4.69, 9.17) is 5.73 Å². The molecule has 112 valence electrons. The average molecular weight is 306 g/mol. The zero-order chi connectivity index (χ0) is 15.0. The molecular formula is C14H18N4O2S. The minimum atomic E-state index is -3.63. The predicted octanol–water partition coefficient (Wildman–Crippen LogP) is 1.57. The first-order chi connectivity index (χ1) is 10.0. The van der Waals surface area contributed by atoms with Crippen molar-refractivity contribution in [2.24, 2.45) is 5.73 Å². The molecule has 6 nitrogen and oxygen atoms in total. The molecule has 1 aromatic carbocycles. The third-order valence-electron chi connectivity index (χ3n) is 3.76. The number of imidazole rings is 1. The molecule has 3 N–H and O–H groups in total. The number of rotatable bonds is 3. The zero-order valence-corrected chi connectivity index (χ0v) is 12.6. The van der Waals surface area contributed by atoms with Gasteiger partial charge >= 0.3 is 0 Å². The fourth-order valence-electron chi connectivity index (χ4n) is 2.58. The molecule has 0 bridgehead atoms. The predicted molar refractivity (Wildman–Crippen MR) is 80.5 cm³/mol. The lowest BCUT2D eigenvalue weighted by Gasteiger charge is -2.32. The van der Waals surface area contributed by atoms with Crippen LogP contribution in [-0.2, 0) is 16.4 Å². The minimum absolute atomic E-state index is 0.124. The number of benzene rings is 1. The van der Waals surface area contributed by atoms with Gasteiger partial charge < -0.3 is 10.7 Å². The molecule has 1 aliphatic rings. The highest BCUT2D eigenvalue weighted by molar-refractivity contribution is 7.92. The average Bonchev–Trinajstić information content (AvgIpc) is 2.97. The van der Waals surface area contributed by atoms with Crippen molar-refractivity contribution in [3.05, 3.63) is 41.9 Å². The summed E-state index contributed by atoms with van der Waals surface area (Å²) in [6, 6.07) is 7.25. The molecule has 1 unspecified atom stereocenters. The Morgan fingerprint density at radius 2 is 2.19 bits per heavy atom. The second kappa shape index (κ2) is 5.16. The van der Waals surface area contributed by atoms with Crippen LogP contribution in [0.3, 0.4) is 0 Å². The molecule has 3 rings (SSSR count). The van der Waals surface area contributed by atoms with Gasteiger partial charge in [-0.15, -0.1) is 0 Å². The SMILES string of the molecule is CCc1ncc(S(=O)(=O)N2CCC(N)c3ccccc32)[nH]1. The Morgan fingerprint density at radius 1 is 1.43 bits per heavy atom. The Hall–Kier alpha value is -1.86. The van der Waals surface area contributed by atoms with Gasteiger partial charge in [-0.05, 0) is 18.1 Å². The van der Waals surface area contributed by atoms with Crippen LogP contribution in [0.2, 0.25) is 0 Å². The van der Waals surface area contributed by atoms with Crippen LogP contribution in [-0.4, -0.2) is 24.9 Å². The number of para-hydroxylation sites is 1. The second-order valence-corrected chi connectivity index (χ2v) is 6.91. The minimum Gasteiger partial charge on any atom is -0.332 e. The Kier molecular flexibility index (Phi) is 3.46. The highest BCUT2D eigenvalue weighted by atomic mass is 32.2. The molecule has 0 saturated carbocycles. The molecule has 2 aromatic rings. The van der Waals surface area contributed by atoms with E-state index in [0.717, 1.165) is 5.56 Å². The lowest BCUT2D eigenvalue weighted by Crippen LogP contribution is -2.38. The molecule has 1 atom stereocenters. The monoisotopic (exact) mass is 306 g/mol. The second-order valence-electron chi connectivity index (χ2n) is 5.08. The third-order valence-corrected chi connectivity index (χ3v) is 5.48. The maximum atomic E-state index is 12.8. The van der Waals surface area contributed by atoms with Crippen molar-refractivity contribution in [2.75, 3.05) is 10.8 Å². The van der Waals surface area contributed by atoms with Gasteiger partial charge in [-0.2, -0.15) is 8.42 Å². The summed E-state index contributed by atoms with van der Waals surface area (Å²) in [5, 5.41) is 0.129. The zero-order valence-electron chi connectivity index (χ0n) is 11.8. The van der Waals surface area contributed by atoms with Gasteiger partial charge in [0.05, 0.1) is 11.9 Å². The Bertz CT molecular complexity index is 754. The third kappa shape index (κ3) is 2.32. The summed E-state index contributed by atoms with van der Waals surface area (Å²) in [6.07, 6.45) is 2.65. The Balaban J connectivity index is 2.06. The molecule has 0 spiro atoms. The van der Waals surface area contributed by atoms with E-state index in [1.54, 1.807) is 6.07 Å². The number of hydrogen-bond acceptors (Lipinski definition) is 4. The summed E-state index contributed by atoms with van der Waals surface area (Å²) < 4.78 is 27.0. The van der Waals surface area contributed by atoms with E-state index in [1.807, 2.05) is 25.1 Å².